The van der Waals surface area contributed by atoms with Gasteiger partial charge in [0.15, 0.2) is 0 Å². The van der Waals surface area contributed by atoms with Crippen molar-refractivity contribution in [3.05, 3.63) is 0 Å². The highest BCUT2D eigenvalue weighted by atomic mass is 16.7. The molecule has 0 heterocycles. The summed E-state index contributed by atoms with van der Waals surface area (Å²) in [7, 11) is 1.37. The minimum atomic E-state index is -0.399. The molecule has 1 aliphatic rings. The zero-order valence-corrected chi connectivity index (χ0v) is 6.95. The largest absolute Gasteiger partial charge is 0.399 e. The average Bonchev–Trinajstić information content (AvgIpc) is 1.98. The van der Waals surface area contributed by atoms with E-state index in [0.29, 0.717) is 0 Å². The second kappa shape index (κ2) is 4.71. The van der Waals surface area contributed by atoms with Gasteiger partial charge in [0.25, 0.3) is 5.91 Å². The lowest BCUT2D eigenvalue weighted by molar-refractivity contribution is -0.135. The van der Waals surface area contributed by atoms with Gasteiger partial charge in [-0.3, -0.25) is 9.63 Å². The van der Waals surface area contributed by atoms with Crippen LogP contribution in [0.3, 0.4) is 0 Å². The molecule has 0 spiro atoms. The van der Waals surface area contributed by atoms with Crippen molar-refractivity contribution in [2.75, 3.05) is 7.11 Å². The van der Waals surface area contributed by atoms with E-state index in [1.807, 2.05) is 0 Å². The van der Waals surface area contributed by atoms with E-state index in [2.05, 4.69) is 15.5 Å². The molecule has 0 aromatic heterocycles. The predicted octanol–water partition coefficient (Wildman–Crippen LogP) is 0.219. The summed E-state index contributed by atoms with van der Waals surface area (Å²) in [6.07, 6.45) is 4.42. The number of rotatable bonds is 4. The lowest BCUT2D eigenvalue weighted by atomic mass is 9.97. The number of nitrogens with zero attached hydrogens (tertiary/aromatic N) is 1. The minimum Gasteiger partial charge on any atom is -0.399 e. The van der Waals surface area contributed by atoms with Gasteiger partial charge >= 0.3 is 0 Å². The number of nitrogens with one attached hydrogen (secondary N) is 1. The smallest absolute Gasteiger partial charge is 0.289 e. The highest BCUT2D eigenvalue weighted by Gasteiger charge is 2.18. The van der Waals surface area contributed by atoms with Crippen molar-refractivity contribution >= 4 is 12.1 Å². The normalized spacial score (nSPS) is 17.4. The molecule has 5 heteroatoms. The fourth-order valence-electron chi connectivity index (χ4n) is 0.757. The quantitative estimate of drug-likeness (QED) is 0.487. The van der Waals surface area contributed by atoms with Crippen LogP contribution >= 0.6 is 0 Å². The molecule has 0 radical (unpaired) electrons. The maximum Gasteiger partial charge on any atom is 0.289 e. The summed E-state index contributed by atoms with van der Waals surface area (Å²) in [5, 5.41) is 3.28. The summed E-state index contributed by atoms with van der Waals surface area (Å²) < 4.78 is 0. The molecule has 0 aliphatic heterocycles. The molecule has 0 unspecified atom stereocenters. The lowest BCUT2D eigenvalue weighted by Crippen LogP contribution is -2.33. The van der Waals surface area contributed by atoms with Crippen LogP contribution in [0.15, 0.2) is 5.16 Å². The van der Waals surface area contributed by atoms with E-state index in [1.54, 1.807) is 0 Å². The Morgan fingerprint density at radius 2 is 2.42 bits per heavy atom. The highest BCUT2D eigenvalue weighted by Crippen LogP contribution is 2.20. The van der Waals surface area contributed by atoms with Crippen LogP contribution in [0.4, 0.5) is 0 Å². The third-order valence-corrected chi connectivity index (χ3v) is 1.65. The Balaban J connectivity index is 2.05. The second-order valence-electron chi connectivity index (χ2n) is 2.55. The van der Waals surface area contributed by atoms with Crippen molar-refractivity contribution in [2.45, 2.75) is 25.4 Å². The molecule has 5 nitrogen and oxygen atoms in total. The van der Waals surface area contributed by atoms with Crippen LogP contribution in [0.1, 0.15) is 19.3 Å². The van der Waals surface area contributed by atoms with E-state index >= 15 is 0 Å². The van der Waals surface area contributed by atoms with Crippen LogP contribution in [0, 0.1) is 0 Å². The summed E-state index contributed by atoms with van der Waals surface area (Å²) in [5.74, 6) is -0.399. The van der Waals surface area contributed by atoms with Crippen molar-refractivity contribution in [2.24, 2.45) is 5.16 Å². The number of oxime groups is 1. The molecule has 0 aromatic carbocycles. The molecular formula is C7H12N2O3. The summed E-state index contributed by atoms with van der Waals surface area (Å²) in [6, 6.07) is 0. The van der Waals surface area contributed by atoms with Gasteiger partial charge in [-0.05, 0) is 19.3 Å². The molecule has 68 valence electrons. The predicted molar refractivity (Wildman–Crippen MR) is 42.4 cm³/mol. The zero-order chi connectivity index (χ0) is 8.81. The summed E-state index contributed by atoms with van der Waals surface area (Å²) in [4.78, 5) is 20.1. The Labute approximate surface area is 70.7 Å². The van der Waals surface area contributed by atoms with Crippen molar-refractivity contribution in [3.63, 3.8) is 0 Å². The Hall–Kier alpha value is -1.10. The van der Waals surface area contributed by atoms with Gasteiger partial charge in [0.05, 0.1) is 6.10 Å². The molecule has 1 fully saturated rings. The molecule has 1 amide bonds. The SMILES string of the molecule is CON=CC(=O)NOC1CCC1. The fraction of sp³-hybridized carbons (Fsp3) is 0.714. The molecule has 0 saturated heterocycles. The Morgan fingerprint density at radius 1 is 1.67 bits per heavy atom. The minimum absolute atomic E-state index is 0.185. The highest BCUT2D eigenvalue weighted by molar-refractivity contribution is 6.25. The Morgan fingerprint density at radius 3 is 2.92 bits per heavy atom. The first-order valence-electron chi connectivity index (χ1n) is 3.85. The van der Waals surface area contributed by atoms with Gasteiger partial charge in [-0.15, -0.1) is 0 Å². The van der Waals surface area contributed by atoms with Gasteiger partial charge < -0.3 is 4.84 Å². The van der Waals surface area contributed by atoms with Crippen molar-refractivity contribution in [1.82, 2.24) is 5.48 Å². The number of hydrogen-bond acceptors (Lipinski definition) is 4. The first-order valence-corrected chi connectivity index (χ1v) is 3.85. The van der Waals surface area contributed by atoms with E-state index in [9.17, 15) is 4.79 Å². The Kier molecular flexibility index (Phi) is 3.53. The van der Waals surface area contributed by atoms with Gasteiger partial charge in [0, 0.05) is 0 Å². The van der Waals surface area contributed by atoms with Gasteiger partial charge in [-0.1, -0.05) is 5.16 Å². The first-order chi connectivity index (χ1) is 5.83. The third kappa shape index (κ3) is 2.87. The van der Waals surface area contributed by atoms with E-state index in [0.717, 1.165) is 19.1 Å². The summed E-state index contributed by atoms with van der Waals surface area (Å²) in [5.41, 5.74) is 2.25. The maximum atomic E-state index is 10.8. The second-order valence-corrected chi connectivity index (χ2v) is 2.55. The third-order valence-electron chi connectivity index (χ3n) is 1.65. The standard InChI is InChI=1S/C7H12N2O3/c1-11-8-5-7(10)9-12-6-3-2-4-6/h5-6H,2-4H2,1H3,(H,9,10). The zero-order valence-electron chi connectivity index (χ0n) is 6.95. The van der Waals surface area contributed by atoms with Crippen LogP contribution in [0.5, 0.6) is 0 Å². The average molecular weight is 172 g/mol. The van der Waals surface area contributed by atoms with Crippen LogP contribution in [-0.2, 0) is 14.5 Å². The molecule has 1 rings (SSSR count). The molecule has 0 aromatic rings. The molecule has 1 N–H and O–H groups in total. The van der Waals surface area contributed by atoms with Crippen LogP contribution in [-0.4, -0.2) is 25.3 Å². The van der Waals surface area contributed by atoms with Gasteiger partial charge in [0.2, 0.25) is 0 Å². The van der Waals surface area contributed by atoms with Gasteiger partial charge in [0.1, 0.15) is 13.3 Å². The maximum absolute atomic E-state index is 10.8. The Bertz CT molecular complexity index is 177. The number of carbonyl (C=O) groups excluding carboxylic acids is 1. The first kappa shape index (κ1) is 8.99. The van der Waals surface area contributed by atoms with Crippen molar-refractivity contribution in [1.29, 1.82) is 0 Å². The van der Waals surface area contributed by atoms with E-state index in [4.69, 9.17) is 4.84 Å². The van der Waals surface area contributed by atoms with Crippen LogP contribution < -0.4 is 5.48 Å². The molecule has 1 aliphatic carbocycles. The fourth-order valence-corrected chi connectivity index (χ4v) is 0.757. The molecule has 1 saturated carbocycles. The number of amides is 1. The van der Waals surface area contributed by atoms with Gasteiger partial charge in [-0.25, -0.2) is 5.48 Å². The van der Waals surface area contributed by atoms with E-state index in [-0.39, 0.29) is 6.10 Å². The monoisotopic (exact) mass is 172 g/mol. The van der Waals surface area contributed by atoms with Gasteiger partial charge in [-0.2, -0.15) is 0 Å². The lowest BCUT2D eigenvalue weighted by Gasteiger charge is -2.24. The summed E-state index contributed by atoms with van der Waals surface area (Å²) in [6.45, 7) is 0. The van der Waals surface area contributed by atoms with Crippen molar-refractivity contribution in [3.8, 4) is 0 Å². The summed E-state index contributed by atoms with van der Waals surface area (Å²) >= 11 is 0. The molecule has 12 heavy (non-hydrogen) atoms. The topological polar surface area (TPSA) is 59.9 Å². The van der Waals surface area contributed by atoms with Crippen LogP contribution in [0.25, 0.3) is 0 Å². The van der Waals surface area contributed by atoms with E-state index in [1.165, 1.54) is 13.5 Å². The van der Waals surface area contributed by atoms with Crippen molar-refractivity contribution < 1.29 is 14.5 Å². The molecule has 0 atom stereocenters. The number of hydroxylamine groups is 1. The van der Waals surface area contributed by atoms with E-state index < -0.39 is 5.91 Å². The molecule has 0 bridgehead atoms. The number of hydrogen-bond donors (Lipinski definition) is 1. The number of carbonyl (C=O) groups is 1. The molecular weight excluding hydrogens is 160 g/mol. The van der Waals surface area contributed by atoms with Crippen LogP contribution in [0.2, 0.25) is 0 Å².